The molecule has 0 aromatic heterocycles. The lowest BCUT2D eigenvalue weighted by Gasteiger charge is -2.28. The highest BCUT2D eigenvalue weighted by atomic mass is 16.5. The maximum absolute atomic E-state index is 13.2. The first kappa shape index (κ1) is 26.8. The Bertz CT molecular complexity index is 1100. The summed E-state index contributed by atoms with van der Waals surface area (Å²) in [6, 6.07) is 13.2. The fraction of sp³-hybridized carbons (Fsp3) is 0.310. The highest BCUT2D eigenvalue weighted by Crippen LogP contribution is 2.39. The van der Waals surface area contributed by atoms with Crippen LogP contribution in [-0.2, 0) is 9.59 Å². The van der Waals surface area contributed by atoms with Crippen LogP contribution in [0.5, 0.6) is 11.5 Å². The van der Waals surface area contributed by atoms with Crippen molar-refractivity contribution in [1.82, 2.24) is 9.80 Å². The number of benzene rings is 2. The summed E-state index contributed by atoms with van der Waals surface area (Å²) in [7, 11) is 0. The average molecular weight is 491 g/mol. The largest absolute Gasteiger partial charge is 0.507 e. The van der Waals surface area contributed by atoms with Gasteiger partial charge in [0.2, 0.25) is 0 Å². The maximum atomic E-state index is 13.2. The Morgan fingerprint density at radius 1 is 0.944 bits per heavy atom. The summed E-state index contributed by atoms with van der Waals surface area (Å²) in [4.78, 5) is 30.1. The van der Waals surface area contributed by atoms with Crippen molar-refractivity contribution in [2.75, 3.05) is 39.4 Å². The molecule has 36 heavy (non-hydrogen) atoms. The Hall–Kier alpha value is -3.84. The van der Waals surface area contributed by atoms with Gasteiger partial charge >= 0.3 is 0 Å². The van der Waals surface area contributed by atoms with Crippen LogP contribution in [-0.4, -0.2) is 66.0 Å². The molecule has 190 valence electrons. The van der Waals surface area contributed by atoms with Crippen molar-refractivity contribution >= 4 is 17.4 Å². The summed E-state index contributed by atoms with van der Waals surface area (Å²) < 4.78 is 11.1. The number of likely N-dealkylation sites (tertiary alicyclic amines) is 1. The maximum Gasteiger partial charge on any atom is 0.295 e. The Kier molecular flexibility index (Phi) is 9.47. The lowest BCUT2D eigenvalue weighted by molar-refractivity contribution is -0.140. The van der Waals surface area contributed by atoms with Gasteiger partial charge in [0.05, 0.1) is 11.6 Å². The first-order chi connectivity index (χ1) is 17.4. The minimum atomic E-state index is -0.717. The number of amides is 1. The van der Waals surface area contributed by atoms with Crippen molar-refractivity contribution in [3.05, 3.63) is 90.5 Å². The molecule has 0 bridgehead atoms. The summed E-state index contributed by atoms with van der Waals surface area (Å²) in [6.45, 7) is 14.8. The standard InChI is InChI=1S/C29H34N2O5/c1-5-19-35-23-13-9-21(10-14-23)26-25(27(32)22-11-15-24(16-12-22)36-20-6-2)28(33)29(34)31(26)18-17-30(7-3)8-4/h5-6,9-16,26,32H,1-2,7-8,17-20H2,3-4H3/b27-25+. The third-order valence-corrected chi connectivity index (χ3v) is 6.15. The molecule has 0 spiro atoms. The van der Waals surface area contributed by atoms with Crippen LogP contribution in [0.25, 0.3) is 5.76 Å². The molecule has 1 saturated heterocycles. The van der Waals surface area contributed by atoms with Crippen LogP contribution in [0.1, 0.15) is 31.0 Å². The lowest BCUT2D eigenvalue weighted by Crippen LogP contribution is -2.38. The number of rotatable bonds is 13. The van der Waals surface area contributed by atoms with Crippen molar-refractivity contribution in [2.24, 2.45) is 0 Å². The predicted octanol–water partition coefficient (Wildman–Crippen LogP) is 4.58. The van der Waals surface area contributed by atoms with Crippen LogP contribution in [0.3, 0.4) is 0 Å². The molecule has 3 rings (SSSR count). The minimum absolute atomic E-state index is 0.0686. The number of ether oxygens (including phenoxy) is 2. The van der Waals surface area contributed by atoms with E-state index >= 15 is 0 Å². The van der Waals surface area contributed by atoms with E-state index in [4.69, 9.17) is 9.47 Å². The Balaban J connectivity index is 2.02. The lowest BCUT2D eigenvalue weighted by atomic mass is 9.95. The number of hydrogen-bond acceptors (Lipinski definition) is 6. The molecule has 1 unspecified atom stereocenters. The Morgan fingerprint density at radius 2 is 1.47 bits per heavy atom. The van der Waals surface area contributed by atoms with Crippen LogP contribution in [0.2, 0.25) is 0 Å². The summed E-state index contributed by atoms with van der Waals surface area (Å²) in [6.07, 6.45) is 3.30. The molecule has 2 aromatic carbocycles. The van der Waals surface area contributed by atoms with Gasteiger partial charge in [-0.2, -0.15) is 0 Å². The Morgan fingerprint density at radius 3 is 1.97 bits per heavy atom. The van der Waals surface area contributed by atoms with Crippen molar-refractivity contribution in [1.29, 1.82) is 0 Å². The van der Waals surface area contributed by atoms with Crippen LogP contribution >= 0.6 is 0 Å². The fourth-order valence-electron chi connectivity index (χ4n) is 4.17. The van der Waals surface area contributed by atoms with E-state index in [0.717, 1.165) is 13.1 Å². The molecule has 0 aliphatic carbocycles. The van der Waals surface area contributed by atoms with Gasteiger partial charge in [0.25, 0.3) is 11.7 Å². The van der Waals surface area contributed by atoms with Crippen LogP contribution in [0.15, 0.2) is 79.4 Å². The smallest absolute Gasteiger partial charge is 0.295 e. The third-order valence-electron chi connectivity index (χ3n) is 6.15. The minimum Gasteiger partial charge on any atom is -0.507 e. The van der Waals surface area contributed by atoms with E-state index in [1.807, 2.05) is 12.1 Å². The van der Waals surface area contributed by atoms with E-state index in [-0.39, 0.29) is 11.3 Å². The molecule has 1 atom stereocenters. The summed E-state index contributed by atoms with van der Waals surface area (Å²) in [5, 5.41) is 11.2. The Labute approximate surface area is 212 Å². The van der Waals surface area contributed by atoms with E-state index in [1.165, 1.54) is 0 Å². The van der Waals surface area contributed by atoms with Gasteiger partial charge in [-0.05, 0) is 55.1 Å². The van der Waals surface area contributed by atoms with Crippen LogP contribution in [0.4, 0.5) is 0 Å². The van der Waals surface area contributed by atoms with Gasteiger partial charge in [0.15, 0.2) is 0 Å². The molecule has 1 aliphatic rings. The second-order valence-corrected chi connectivity index (χ2v) is 8.31. The molecule has 1 N–H and O–H groups in total. The molecule has 7 nitrogen and oxygen atoms in total. The molecule has 0 radical (unpaired) electrons. The van der Waals surface area contributed by atoms with Crippen molar-refractivity contribution in [3.63, 3.8) is 0 Å². The van der Waals surface area contributed by atoms with E-state index in [2.05, 4.69) is 31.9 Å². The summed E-state index contributed by atoms with van der Waals surface area (Å²) in [5.41, 5.74) is 1.21. The van der Waals surface area contributed by atoms with E-state index in [9.17, 15) is 14.7 Å². The number of likely N-dealkylation sites (N-methyl/N-ethyl adjacent to an activating group) is 1. The molecule has 0 saturated carbocycles. The molecular formula is C29H34N2O5. The molecule has 1 heterocycles. The molecular weight excluding hydrogens is 456 g/mol. The van der Waals surface area contributed by atoms with E-state index in [0.29, 0.717) is 48.9 Å². The van der Waals surface area contributed by atoms with Gasteiger partial charge < -0.3 is 24.4 Å². The fourth-order valence-corrected chi connectivity index (χ4v) is 4.17. The summed E-state index contributed by atoms with van der Waals surface area (Å²) in [5.74, 6) is -0.278. The highest BCUT2D eigenvalue weighted by Gasteiger charge is 2.46. The topological polar surface area (TPSA) is 79.3 Å². The number of ketones is 1. The number of carbonyl (C=O) groups is 2. The zero-order valence-electron chi connectivity index (χ0n) is 21.0. The monoisotopic (exact) mass is 490 g/mol. The third kappa shape index (κ3) is 6.04. The van der Waals surface area contributed by atoms with Gasteiger partial charge in [-0.15, -0.1) is 0 Å². The molecule has 1 amide bonds. The molecule has 2 aromatic rings. The van der Waals surface area contributed by atoms with E-state index in [1.54, 1.807) is 53.5 Å². The first-order valence-electron chi connectivity index (χ1n) is 12.1. The van der Waals surface area contributed by atoms with Crippen molar-refractivity contribution in [2.45, 2.75) is 19.9 Å². The number of nitrogens with zero attached hydrogens (tertiary/aromatic N) is 2. The highest BCUT2D eigenvalue weighted by molar-refractivity contribution is 6.46. The zero-order valence-corrected chi connectivity index (χ0v) is 21.0. The SMILES string of the molecule is C=CCOc1ccc(/C(O)=C2\C(=O)C(=O)N(CCN(CC)CC)C2c2ccc(OCC=C)cc2)cc1. The first-order valence-corrected chi connectivity index (χ1v) is 12.1. The number of hydrogen-bond donors (Lipinski definition) is 1. The van der Waals surface area contributed by atoms with Gasteiger partial charge in [0.1, 0.15) is 30.5 Å². The second-order valence-electron chi connectivity index (χ2n) is 8.31. The van der Waals surface area contributed by atoms with Gasteiger partial charge in [-0.1, -0.05) is 51.3 Å². The normalized spacial score (nSPS) is 16.9. The van der Waals surface area contributed by atoms with Crippen LogP contribution < -0.4 is 9.47 Å². The number of carbonyl (C=O) groups excluding carboxylic acids is 2. The van der Waals surface area contributed by atoms with Crippen LogP contribution in [0, 0.1) is 0 Å². The van der Waals surface area contributed by atoms with Crippen molar-refractivity contribution < 1.29 is 24.2 Å². The van der Waals surface area contributed by atoms with Gasteiger partial charge in [-0.3, -0.25) is 9.59 Å². The second kappa shape index (κ2) is 12.7. The van der Waals surface area contributed by atoms with E-state index < -0.39 is 17.7 Å². The number of Topliss-reactive ketones (excluding diaryl/α,β-unsaturated/α-hetero) is 1. The predicted molar refractivity (Wildman–Crippen MR) is 141 cm³/mol. The molecule has 7 heteroatoms. The number of aliphatic hydroxyl groups is 1. The average Bonchev–Trinajstić information content (AvgIpc) is 3.16. The molecule has 1 fully saturated rings. The van der Waals surface area contributed by atoms with Gasteiger partial charge in [0, 0.05) is 18.7 Å². The quantitative estimate of drug-likeness (QED) is 0.192. The van der Waals surface area contributed by atoms with Crippen molar-refractivity contribution in [3.8, 4) is 11.5 Å². The number of aliphatic hydroxyl groups excluding tert-OH is 1. The molecule has 1 aliphatic heterocycles. The summed E-state index contributed by atoms with van der Waals surface area (Å²) >= 11 is 0. The van der Waals surface area contributed by atoms with Gasteiger partial charge in [-0.25, -0.2) is 0 Å². The zero-order chi connectivity index (χ0) is 26.1.